The molecule has 126 valence electrons. The van der Waals surface area contributed by atoms with Crippen LogP contribution in [0.5, 0.6) is 0 Å². The summed E-state index contributed by atoms with van der Waals surface area (Å²) in [5.41, 5.74) is 0. The molecule has 0 aromatic carbocycles. The summed E-state index contributed by atoms with van der Waals surface area (Å²) < 4.78 is 5.20. The zero-order chi connectivity index (χ0) is 16.2. The Hall–Kier alpha value is -1.98. The van der Waals surface area contributed by atoms with Crippen LogP contribution in [0.1, 0.15) is 30.8 Å². The number of amides is 1. The van der Waals surface area contributed by atoms with Gasteiger partial charge >= 0.3 is 0 Å². The first-order chi connectivity index (χ1) is 11.2. The third-order valence-electron chi connectivity index (χ3n) is 4.68. The van der Waals surface area contributed by atoms with Crippen LogP contribution in [0, 0.1) is 11.8 Å². The minimum absolute atomic E-state index is 0.0246. The van der Waals surface area contributed by atoms with Crippen molar-refractivity contribution in [3.05, 3.63) is 24.2 Å². The summed E-state index contributed by atoms with van der Waals surface area (Å²) in [5, 5.41) is 3.38. The number of carbonyl (C=O) groups is 1. The molecule has 3 rings (SSSR count). The molecule has 0 spiro atoms. The van der Waals surface area contributed by atoms with Gasteiger partial charge in [-0.1, -0.05) is 6.92 Å². The standard InChI is InChI=1S/C17H26N4O2/c1-3-18-17(19-12-14-11-13(14)2)21-8-6-20(7-9-21)16(22)15-5-4-10-23-15/h4-5,10,13-14H,3,6-9,11-12H2,1-2H3,(H,18,19). The number of guanidine groups is 1. The van der Waals surface area contributed by atoms with E-state index in [0.717, 1.165) is 44.0 Å². The highest BCUT2D eigenvalue weighted by atomic mass is 16.3. The van der Waals surface area contributed by atoms with Crippen LogP contribution in [0.2, 0.25) is 0 Å². The minimum Gasteiger partial charge on any atom is -0.459 e. The summed E-state index contributed by atoms with van der Waals surface area (Å²) in [6.07, 6.45) is 2.84. The predicted octanol–water partition coefficient (Wildman–Crippen LogP) is 1.66. The summed E-state index contributed by atoms with van der Waals surface area (Å²) in [6.45, 7) is 9.16. The minimum atomic E-state index is -0.0246. The molecule has 1 N–H and O–H groups in total. The Labute approximate surface area is 137 Å². The van der Waals surface area contributed by atoms with Crippen LogP contribution in [-0.4, -0.2) is 60.9 Å². The summed E-state index contributed by atoms with van der Waals surface area (Å²) in [5.74, 6) is 2.96. The van der Waals surface area contributed by atoms with E-state index in [2.05, 4.69) is 24.1 Å². The molecule has 0 radical (unpaired) electrons. The summed E-state index contributed by atoms with van der Waals surface area (Å²) >= 11 is 0. The van der Waals surface area contributed by atoms with E-state index >= 15 is 0 Å². The molecule has 1 saturated carbocycles. The fraction of sp³-hybridized carbons (Fsp3) is 0.647. The van der Waals surface area contributed by atoms with Gasteiger partial charge in [0.25, 0.3) is 5.91 Å². The molecule has 2 atom stereocenters. The Kier molecular flexibility index (Phi) is 4.88. The van der Waals surface area contributed by atoms with Crippen LogP contribution in [0.25, 0.3) is 0 Å². The van der Waals surface area contributed by atoms with Crippen molar-refractivity contribution in [2.75, 3.05) is 39.3 Å². The van der Waals surface area contributed by atoms with Crippen molar-refractivity contribution < 1.29 is 9.21 Å². The molecule has 1 aromatic rings. The zero-order valence-corrected chi connectivity index (χ0v) is 14.0. The van der Waals surface area contributed by atoms with Gasteiger partial charge in [-0.2, -0.15) is 0 Å². The van der Waals surface area contributed by atoms with Crippen LogP contribution in [0.3, 0.4) is 0 Å². The highest BCUT2D eigenvalue weighted by molar-refractivity contribution is 5.91. The first-order valence-corrected chi connectivity index (χ1v) is 8.55. The van der Waals surface area contributed by atoms with E-state index in [-0.39, 0.29) is 5.91 Å². The topological polar surface area (TPSA) is 61.1 Å². The average molecular weight is 318 g/mol. The molecule has 2 unspecified atom stereocenters. The van der Waals surface area contributed by atoms with Gasteiger partial charge in [0.15, 0.2) is 11.7 Å². The molecule has 1 aliphatic heterocycles. The number of aliphatic imine (C=N–C) groups is 1. The van der Waals surface area contributed by atoms with Crippen LogP contribution in [-0.2, 0) is 0 Å². The third kappa shape index (κ3) is 3.86. The van der Waals surface area contributed by atoms with Crippen molar-refractivity contribution in [2.24, 2.45) is 16.8 Å². The maximum Gasteiger partial charge on any atom is 0.289 e. The van der Waals surface area contributed by atoms with Crippen LogP contribution < -0.4 is 5.32 Å². The Morgan fingerprint density at radius 2 is 2.04 bits per heavy atom. The van der Waals surface area contributed by atoms with Gasteiger partial charge in [0, 0.05) is 39.3 Å². The van der Waals surface area contributed by atoms with E-state index in [1.54, 1.807) is 12.1 Å². The molecule has 6 nitrogen and oxygen atoms in total. The van der Waals surface area contributed by atoms with E-state index in [4.69, 9.17) is 9.41 Å². The summed E-state index contributed by atoms with van der Waals surface area (Å²) in [6, 6.07) is 3.47. The Morgan fingerprint density at radius 3 is 2.61 bits per heavy atom. The fourth-order valence-corrected chi connectivity index (χ4v) is 2.96. The molecule has 1 aromatic heterocycles. The monoisotopic (exact) mass is 318 g/mol. The highest BCUT2D eigenvalue weighted by Gasteiger charge is 2.32. The van der Waals surface area contributed by atoms with E-state index in [0.29, 0.717) is 18.8 Å². The smallest absolute Gasteiger partial charge is 0.289 e. The second kappa shape index (κ2) is 7.06. The lowest BCUT2D eigenvalue weighted by atomic mass is 10.3. The molecular formula is C17H26N4O2. The Bertz CT molecular complexity index is 547. The van der Waals surface area contributed by atoms with Crippen molar-refractivity contribution in [1.82, 2.24) is 15.1 Å². The highest BCUT2D eigenvalue weighted by Crippen LogP contribution is 2.37. The van der Waals surface area contributed by atoms with Gasteiger partial charge in [0.2, 0.25) is 0 Å². The van der Waals surface area contributed by atoms with Gasteiger partial charge < -0.3 is 19.5 Å². The van der Waals surface area contributed by atoms with Gasteiger partial charge in [0.05, 0.1) is 6.26 Å². The van der Waals surface area contributed by atoms with Crippen LogP contribution in [0.4, 0.5) is 0 Å². The van der Waals surface area contributed by atoms with E-state index < -0.39 is 0 Å². The van der Waals surface area contributed by atoms with Crippen LogP contribution in [0.15, 0.2) is 27.8 Å². The maximum atomic E-state index is 12.3. The Balaban J connectivity index is 1.54. The molecular weight excluding hydrogens is 292 g/mol. The van der Waals surface area contributed by atoms with Gasteiger partial charge in [-0.3, -0.25) is 9.79 Å². The molecule has 2 heterocycles. The lowest BCUT2D eigenvalue weighted by Crippen LogP contribution is -2.53. The number of piperazine rings is 1. The molecule has 6 heteroatoms. The average Bonchev–Trinajstić information content (AvgIpc) is 3.04. The molecule has 1 aliphatic carbocycles. The number of hydrogen-bond donors (Lipinski definition) is 1. The summed E-state index contributed by atoms with van der Waals surface area (Å²) in [7, 11) is 0. The maximum absolute atomic E-state index is 12.3. The number of nitrogens with zero attached hydrogens (tertiary/aromatic N) is 3. The van der Waals surface area contributed by atoms with Gasteiger partial charge in [-0.25, -0.2) is 0 Å². The lowest BCUT2D eigenvalue weighted by Gasteiger charge is -2.36. The fourth-order valence-electron chi connectivity index (χ4n) is 2.96. The van der Waals surface area contributed by atoms with Crippen molar-refractivity contribution in [1.29, 1.82) is 0 Å². The number of carbonyl (C=O) groups excluding carboxylic acids is 1. The zero-order valence-electron chi connectivity index (χ0n) is 14.0. The first-order valence-electron chi connectivity index (χ1n) is 8.55. The third-order valence-corrected chi connectivity index (χ3v) is 4.68. The second-order valence-electron chi connectivity index (χ2n) is 6.42. The number of rotatable bonds is 4. The molecule has 23 heavy (non-hydrogen) atoms. The normalized spacial score (nSPS) is 24.7. The molecule has 2 aliphatic rings. The number of nitrogens with one attached hydrogen (secondary N) is 1. The van der Waals surface area contributed by atoms with Crippen molar-refractivity contribution in [2.45, 2.75) is 20.3 Å². The van der Waals surface area contributed by atoms with Crippen LogP contribution >= 0.6 is 0 Å². The van der Waals surface area contributed by atoms with Gasteiger partial charge in [0.1, 0.15) is 0 Å². The second-order valence-corrected chi connectivity index (χ2v) is 6.42. The van der Waals surface area contributed by atoms with Crippen molar-refractivity contribution in [3.63, 3.8) is 0 Å². The lowest BCUT2D eigenvalue weighted by molar-refractivity contribution is 0.0657. The van der Waals surface area contributed by atoms with E-state index in [1.807, 2.05) is 4.90 Å². The predicted molar refractivity (Wildman–Crippen MR) is 89.4 cm³/mol. The number of furan rings is 1. The van der Waals surface area contributed by atoms with Gasteiger partial charge in [-0.15, -0.1) is 0 Å². The van der Waals surface area contributed by atoms with Crippen molar-refractivity contribution in [3.8, 4) is 0 Å². The largest absolute Gasteiger partial charge is 0.459 e. The van der Waals surface area contributed by atoms with E-state index in [9.17, 15) is 4.79 Å². The number of hydrogen-bond acceptors (Lipinski definition) is 3. The Morgan fingerprint density at radius 1 is 1.35 bits per heavy atom. The summed E-state index contributed by atoms with van der Waals surface area (Å²) in [4.78, 5) is 21.2. The van der Waals surface area contributed by atoms with E-state index in [1.165, 1.54) is 12.7 Å². The van der Waals surface area contributed by atoms with Crippen molar-refractivity contribution >= 4 is 11.9 Å². The quantitative estimate of drug-likeness (QED) is 0.677. The van der Waals surface area contributed by atoms with Gasteiger partial charge in [-0.05, 0) is 37.3 Å². The molecule has 1 amide bonds. The molecule has 0 bridgehead atoms. The first kappa shape index (κ1) is 15.9. The SMILES string of the molecule is CCNC(=NCC1CC1C)N1CCN(C(=O)c2ccco2)CC1. The molecule has 2 fully saturated rings. The molecule has 1 saturated heterocycles.